The molecule has 1 atom stereocenters. The number of hydrogen-bond donors (Lipinski definition) is 1. The van der Waals surface area contributed by atoms with Crippen molar-refractivity contribution >= 4 is 5.65 Å². The van der Waals surface area contributed by atoms with E-state index in [1.54, 1.807) is 0 Å². The van der Waals surface area contributed by atoms with Gasteiger partial charge in [0.1, 0.15) is 24.1 Å². The number of nitrogens with zero attached hydrogens (tertiary/aromatic N) is 3. The molecule has 1 unspecified atom stereocenters. The largest absolute Gasteiger partial charge is 0.491 e. The molecule has 0 spiro atoms. The highest BCUT2D eigenvalue weighted by atomic mass is 16.5. The van der Waals surface area contributed by atoms with Gasteiger partial charge < -0.3 is 14.4 Å². The van der Waals surface area contributed by atoms with Gasteiger partial charge in [-0.3, -0.25) is 4.79 Å². The van der Waals surface area contributed by atoms with Crippen LogP contribution in [0, 0.1) is 6.92 Å². The van der Waals surface area contributed by atoms with Crippen molar-refractivity contribution in [2.75, 3.05) is 6.61 Å². The number of aryl methyl sites for hydroxylation is 1. The van der Waals surface area contributed by atoms with Crippen LogP contribution in [-0.2, 0) is 12.0 Å². The van der Waals surface area contributed by atoms with Gasteiger partial charge in [0, 0.05) is 23.4 Å². The molecule has 1 N–H and O–H groups in total. The SMILES string of the molecule is Cc1cc(=O)n2nc(-c3ccccc3)cc2n1CC(O)COc1ccc(C(C)(C)C)cc1. The fourth-order valence-electron chi connectivity index (χ4n) is 3.72. The van der Waals surface area contributed by atoms with E-state index in [1.807, 2.05) is 60.0 Å². The van der Waals surface area contributed by atoms with Gasteiger partial charge in [0.15, 0.2) is 0 Å². The molecule has 32 heavy (non-hydrogen) atoms. The summed E-state index contributed by atoms with van der Waals surface area (Å²) in [6.45, 7) is 8.79. The van der Waals surface area contributed by atoms with E-state index in [-0.39, 0.29) is 24.1 Å². The van der Waals surface area contributed by atoms with Crippen molar-refractivity contribution in [2.24, 2.45) is 0 Å². The number of aromatic nitrogens is 3. The summed E-state index contributed by atoms with van der Waals surface area (Å²) in [6, 6.07) is 21.1. The Labute approximate surface area is 187 Å². The van der Waals surface area contributed by atoms with Gasteiger partial charge in [-0.2, -0.15) is 9.61 Å². The molecule has 4 rings (SSSR count). The molecule has 0 saturated heterocycles. The number of benzene rings is 2. The second-order valence-corrected chi connectivity index (χ2v) is 9.14. The predicted octanol–water partition coefficient (Wildman–Crippen LogP) is 4.21. The molecule has 0 aliphatic heterocycles. The van der Waals surface area contributed by atoms with Crippen molar-refractivity contribution in [1.29, 1.82) is 0 Å². The zero-order chi connectivity index (χ0) is 22.9. The highest BCUT2D eigenvalue weighted by Gasteiger charge is 2.16. The van der Waals surface area contributed by atoms with Crippen molar-refractivity contribution in [3.63, 3.8) is 0 Å². The van der Waals surface area contributed by atoms with E-state index in [1.165, 1.54) is 16.1 Å². The predicted molar refractivity (Wildman–Crippen MR) is 126 cm³/mol. The van der Waals surface area contributed by atoms with Gasteiger partial charge in [0.2, 0.25) is 0 Å². The Hall–Kier alpha value is -3.38. The Balaban J connectivity index is 1.53. The number of ether oxygens (including phenoxy) is 1. The van der Waals surface area contributed by atoms with Crippen LogP contribution in [-0.4, -0.2) is 32.0 Å². The summed E-state index contributed by atoms with van der Waals surface area (Å²) >= 11 is 0. The highest BCUT2D eigenvalue weighted by Crippen LogP contribution is 2.24. The van der Waals surface area contributed by atoms with Gasteiger partial charge in [-0.1, -0.05) is 63.2 Å². The normalized spacial score (nSPS) is 12.8. The molecular weight excluding hydrogens is 402 g/mol. The van der Waals surface area contributed by atoms with Crippen LogP contribution < -0.4 is 10.3 Å². The lowest BCUT2D eigenvalue weighted by Gasteiger charge is -2.20. The van der Waals surface area contributed by atoms with Gasteiger partial charge in [-0.15, -0.1) is 0 Å². The van der Waals surface area contributed by atoms with Crippen molar-refractivity contribution in [1.82, 2.24) is 14.2 Å². The van der Waals surface area contributed by atoms with E-state index in [4.69, 9.17) is 4.74 Å². The molecule has 0 aliphatic carbocycles. The molecule has 0 saturated carbocycles. The van der Waals surface area contributed by atoms with E-state index < -0.39 is 6.10 Å². The molecule has 0 bridgehead atoms. The van der Waals surface area contributed by atoms with E-state index in [9.17, 15) is 9.90 Å². The van der Waals surface area contributed by atoms with Gasteiger partial charge >= 0.3 is 0 Å². The van der Waals surface area contributed by atoms with Crippen LogP contribution in [0.1, 0.15) is 32.0 Å². The first-order valence-corrected chi connectivity index (χ1v) is 10.8. The molecule has 2 aromatic carbocycles. The van der Waals surface area contributed by atoms with Crippen LogP contribution in [0.15, 0.2) is 71.5 Å². The standard InChI is InChI=1S/C26H29N3O3/c1-18-14-25(31)29-24(15-23(27-29)19-8-6-5-7-9-19)28(18)16-21(30)17-32-22-12-10-20(11-13-22)26(2,3)4/h5-15,21,30H,16-17H2,1-4H3. The molecule has 4 aromatic rings. The third-order valence-corrected chi connectivity index (χ3v) is 5.56. The van der Waals surface area contributed by atoms with Crippen LogP contribution in [0.2, 0.25) is 0 Å². The Bertz CT molecular complexity index is 1270. The summed E-state index contributed by atoms with van der Waals surface area (Å²) in [7, 11) is 0. The average molecular weight is 432 g/mol. The number of fused-ring (bicyclic) bond motifs is 1. The summed E-state index contributed by atoms with van der Waals surface area (Å²) < 4.78 is 9.09. The smallest absolute Gasteiger partial charge is 0.274 e. The molecule has 0 fully saturated rings. The molecule has 6 heteroatoms. The third-order valence-electron chi connectivity index (χ3n) is 5.56. The molecule has 2 heterocycles. The van der Waals surface area contributed by atoms with Crippen LogP contribution in [0.3, 0.4) is 0 Å². The zero-order valence-electron chi connectivity index (χ0n) is 18.9. The van der Waals surface area contributed by atoms with Gasteiger partial charge in [-0.05, 0) is 30.0 Å². The van der Waals surface area contributed by atoms with E-state index >= 15 is 0 Å². The number of rotatable bonds is 6. The van der Waals surface area contributed by atoms with E-state index in [0.717, 1.165) is 17.0 Å². The van der Waals surface area contributed by atoms with Crippen molar-refractivity contribution < 1.29 is 9.84 Å². The van der Waals surface area contributed by atoms with Gasteiger partial charge in [0.05, 0.1) is 12.2 Å². The second kappa shape index (κ2) is 8.63. The number of aliphatic hydroxyl groups is 1. The molecule has 166 valence electrons. The maximum Gasteiger partial charge on any atom is 0.274 e. The maximum absolute atomic E-state index is 12.5. The highest BCUT2D eigenvalue weighted by molar-refractivity contribution is 5.64. The second-order valence-electron chi connectivity index (χ2n) is 9.14. The summed E-state index contributed by atoms with van der Waals surface area (Å²) in [6.07, 6.45) is -0.752. The Morgan fingerprint density at radius 3 is 2.38 bits per heavy atom. The van der Waals surface area contributed by atoms with Crippen molar-refractivity contribution in [3.05, 3.63) is 88.3 Å². The molecule has 2 aromatic heterocycles. The first-order chi connectivity index (χ1) is 15.2. The van der Waals surface area contributed by atoms with Crippen molar-refractivity contribution in [3.8, 4) is 17.0 Å². The minimum Gasteiger partial charge on any atom is -0.491 e. The van der Waals surface area contributed by atoms with Crippen molar-refractivity contribution in [2.45, 2.75) is 45.8 Å². The lowest BCUT2D eigenvalue weighted by molar-refractivity contribution is 0.0926. The first kappa shape index (κ1) is 21.8. The minimum atomic E-state index is -0.752. The van der Waals surface area contributed by atoms with E-state index in [0.29, 0.717) is 11.3 Å². The van der Waals surface area contributed by atoms with E-state index in [2.05, 4.69) is 38.0 Å². The van der Waals surface area contributed by atoms with Gasteiger partial charge in [0.25, 0.3) is 5.56 Å². The average Bonchev–Trinajstić information content (AvgIpc) is 3.21. The Morgan fingerprint density at radius 2 is 1.72 bits per heavy atom. The molecular formula is C26H29N3O3. The fraction of sp³-hybridized carbons (Fsp3) is 0.308. The van der Waals surface area contributed by atoms with Crippen LogP contribution in [0.5, 0.6) is 5.75 Å². The maximum atomic E-state index is 12.5. The molecule has 0 radical (unpaired) electrons. The Kier molecular flexibility index (Phi) is 5.89. The lowest BCUT2D eigenvalue weighted by Crippen LogP contribution is -2.27. The monoisotopic (exact) mass is 431 g/mol. The summed E-state index contributed by atoms with van der Waals surface area (Å²) in [4.78, 5) is 12.5. The summed E-state index contributed by atoms with van der Waals surface area (Å²) in [5, 5.41) is 15.2. The minimum absolute atomic E-state index is 0.0785. The number of aliphatic hydroxyl groups excluding tert-OH is 1. The Morgan fingerprint density at radius 1 is 1.03 bits per heavy atom. The quantitative estimate of drug-likeness (QED) is 0.497. The van der Waals surface area contributed by atoms with Gasteiger partial charge in [-0.25, -0.2) is 0 Å². The van der Waals surface area contributed by atoms with Crippen LogP contribution in [0.4, 0.5) is 0 Å². The fourth-order valence-corrected chi connectivity index (χ4v) is 3.72. The molecule has 6 nitrogen and oxygen atoms in total. The van der Waals surface area contributed by atoms with Crippen LogP contribution >= 0.6 is 0 Å². The lowest BCUT2D eigenvalue weighted by atomic mass is 9.87. The third kappa shape index (κ3) is 4.60. The zero-order valence-corrected chi connectivity index (χ0v) is 18.9. The molecule has 0 amide bonds. The summed E-state index contributed by atoms with van der Waals surface area (Å²) in [5.41, 5.74) is 4.16. The topological polar surface area (TPSA) is 68.8 Å². The first-order valence-electron chi connectivity index (χ1n) is 10.8. The summed E-state index contributed by atoms with van der Waals surface area (Å²) in [5.74, 6) is 0.717. The number of hydrogen-bond acceptors (Lipinski definition) is 4. The molecule has 0 aliphatic rings. The van der Waals surface area contributed by atoms with Crippen LogP contribution in [0.25, 0.3) is 16.9 Å².